The Labute approximate surface area is 112 Å². The number of hydrogen-bond acceptors (Lipinski definition) is 3. The number of nitrogens with zero attached hydrogens (tertiary/aromatic N) is 2. The lowest BCUT2D eigenvalue weighted by molar-refractivity contribution is -0.130. The number of likely N-dealkylation sites (tertiary alicyclic amines) is 1. The molecule has 3 heterocycles. The SMILES string of the molecule is CC(=O)N1CCC(N2CCc3sccc3C2)CC1. The predicted molar refractivity (Wildman–Crippen MR) is 73.7 cm³/mol. The maximum atomic E-state index is 11.3. The molecule has 18 heavy (non-hydrogen) atoms. The van der Waals surface area contributed by atoms with E-state index in [1.165, 1.54) is 18.5 Å². The van der Waals surface area contributed by atoms with Crippen LogP contribution >= 0.6 is 11.3 Å². The van der Waals surface area contributed by atoms with Gasteiger partial charge in [0.05, 0.1) is 0 Å². The maximum absolute atomic E-state index is 11.3. The zero-order valence-corrected chi connectivity index (χ0v) is 11.7. The first-order valence-electron chi connectivity index (χ1n) is 6.79. The smallest absolute Gasteiger partial charge is 0.219 e. The summed E-state index contributed by atoms with van der Waals surface area (Å²) in [6, 6.07) is 2.95. The molecular formula is C14H20N2OS. The maximum Gasteiger partial charge on any atom is 0.219 e. The van der Waals surface area contributed by atoms with Gasteiger partial charge in [-0.2, -0.15) is 0 Å². The summed E-state index contributed by atoms with van der Waals surface area (Å²) in [6.45, 7) is 5.86. The number of carbonyl (C=O) groups is 1. The molecule has 2 aliphatic rings. The van der Waals surface area contributed by atoms with Crippen LogP contribution in [-0.4, -0.2) is 41.4 Å². The Kier molecular flexibility index (Phi) is 3.39. The van der Waals surface area contributed by atoms with E-state index in [1.54, 1.807) is 11.8 Å². The van der Waals surface area contributed by atoms with Gasteiger partial charge < -0.3 is 4.90 Å². The first-order valence-corrected chi connectivity index (χ1v) is 7.67. The van der Waals surface area contributed by atoms with Crippen molar-refractivity contribution in [2.75, 3.05) is 19.6 Å². The van der Waals surface area contributed by atoms with Crippen LogP contribution in [0.1, 0.15) is 30.2 Å². The Hall–Kier alpha value is -0.870. The minimum absolute atomic E-state index is 0.229. The lowest BCUT2D eigenvalue weighted by atomic mass is 9.99. The second-order valence-corrected chi connectivity index (χ2v) is 6.33. The lowest BCUT2D eigenvalue weighted by Gasteiger charge is -2.39. The number of piperidine rings is 1. The minimum Gasteiger partial charge on any atom is -0.343 e. The molecule has 1 saturated heterocycles. The molecule has 0 N–H and O–H groups in total. The summed E-state index contributed by atoms with van der Waals surface area (Å²) >= 11 is 1.90. The van der Waals surface area contributed by atoms with Gasteiger partial charge in [0.1, 0.15) is 0 Å². The fourth-order valence-electron chi connectivity index (χ4n) is 3.13. The number of thiophene rings is 1. The minimum atomic E-state index is 0.229. The van der Waals surface area contributed by atoms with Crippen molar-refractivity contribution < 1.29 is 4.79 Å². The second kappa shape index (κ2) is 5.02. The van der Waals surface area contributed by atoms with Crippen molar-refractivity contribution in [3.05, 3.63) is 21.9 Å². The van der Waals surface area contributed by atoms with Gasteiger partial charge in [-0.25, -0.2) is 0 Å². The molecule has 1 fully saturated rings. The fraction of sp³-hybridized carbons (Fsp3) is 0.643. The van der Waals surface area contributed by atoms with E-state index in [9.17, 15) is 4.79 Å². The van der Waals surface area contributed by atoms with Crippen LogP contribution in [-0.2, 0) is 17.8 Å². The monoisotopic (exact) mass is 264 g/mol. The van der Waals surface area contributed by atoms with Gasteiger partial charge in [-0.15, -0.1) is 11.3 Å². The molecular weight excluding hydrogens is 244 g/mol. The molecule has 1 aromatic heterocycles. The molecule has 1 amide bonds. The summed E-state index contributed by atoms with van der Waals surface area (Å²) in [5.41, 5.74) is 1.53. The molecule has 0 atom stereocenters. The number of hydrogen-bond donors (Lipinski definition) is 0. The number of fused-ring (bicyclic) bond motifs is 1. The molecule has 2 aliphatic heterocycles. The quantitative estimate of drug-likeness (QED) is 0.775. The normalized spacial score (nSPS) is 21.9. The number of rotatable bonds is 1. The first-order chi connectivity index (χ1) is 8.74. The molecule has 0 aromatic carbocycles. The molecule has 4 heteroatoms. The molecule has 3 rings (SSSR count). The highest BCUT2D eigenvalue weighted by atomic mass is 32.1. The van der Waals surface area contributed by atoms with Crippen LogP contribution in [0.4, 0.5) is 0 Å². The topological polar surface area (TPSA) is 23.6 Å². The van der Waals surface area contributed by atoms with Crippen molar-refractivity contribution in [3.8, 4) is 0 Å². The summed E-state index contributed by atoms with van der Waals surface area (Å²) in [4.78, 5) is 17.5. The van der Waals surface area contributed by atoms with E-state index in [1.807, 2.05) is 16.2 Å². The average molecular weight is 264 g/mol. The van der Waals surface area contributed by atoms with Crippen LogP contribution in [0.3, 0.4) is 0 Å². The van der Waals surface area contributed by atoms with Gasteiger partial charge in [-0.3, -0.25) is 9.69 Å². The lowest BCUT2D eigenvalue weighted by Crippen LogP contribution is -2.47. The summed E-state index contributed by atoms with van der Waals surface area (Å²) in [6.07, 6.45) is 3.48. The third-order valence-corrected chi connectivity index (χ3v) is 5.29. The highest BCUT2D eigenvalue weighted by Crippen LogP contribution is 2.27. The van der Waals surface area contributed by atoms with Crippen LogP contribution in [0.5, 0.6) is 0 Å². The Balaban J connectivity index is 1.60. The van der Waals surface area contributed by atoms with E-state index in [2.05, 4.69) is 16.3 Å². The Morgan fingerprint density at radius 1 is 1.33 bits per heavy atom. The third-order valence-electron chi connectivity index (χ3n) is 4.26. The molecule has 0 radical (unpaired) electrons. The van der Waals surface area contributed by atoms with Crippen molar-refractivity contribution in [2.24, 2.45) is 0 Å². The summed E-state index contributed by atoms with van der Waals surface area (Å²) in [5, 5.41) is 2.21. The molecule has 3 nitrogen and oxygen atoms in total. The zero-order chi connectivity index (χ0) is 12.5. The predicted octanol–water partition coefficient (Wildman–Crippen LogP) is 2.12. The van der Waals surface area contributed by atoms with Gasteiger partial charge in [0.25, 0.3) is 0 Å². The summed E-state index contributed by atoms with van der Waals surface area (Å²) < 4.78 is 0. The van der Waals surface area contributed by atoms with E-state index < -0.39 is 0 Å². The molecule has 0 saturated carbocycles. The van der Waals surface area contributed by atoms with Crippen LogP contribution in [0, 0.1) is 0 Å². The Morgan fingerprint density at radius 3 is 2.83 bits per heavy atom. The summed E-state index contributed by atoms with van der Waals surface area (Å²) in [5.74, 6) is 0.229. The van der Waals surface area contributed by atoms with Gasteiger partial charge in [-0.05, 0) is 36.3 Å². The highest BCUT2D eigenvalue weighted by molar-refractivity contribution is 7.10. The Morgan fingerprint density at radius 2 is 2.11 bits per heavy atom. The third kappa shape index (κ3) is 2.31. The van der Waals surface area contributed by atoms with Crippen molar-refractivity contribution in [1.82, 2.24) is 9.80 Å². The Bertz CT molecular complexity index is 435. The van der Waals surface area contributed by atoms with Crippen LogP contribution in [0.15, 0.2) is 11.4 Å². The van der Waals surface area contributed by atoms with E-state index >= 15 is 0 Å². The number of amides is 1. The van der Waals surface area contributed by atoms with Crippen molar-refractivity contribution >= 4 is 17.2 Å². The van der Waals surface area contributed by atoms with Crippen LogP contribution in [0.25, 0.3) is 0 Å². The van der Waals surface area contributed by atoms with E-state index in [-0.39, 0.29) is 5.91 Å². The largest absolute Gasteiger partial charge is 0.343 e. The van der Waals surface area contributed by atoms with Crippen molar-refractivity contribution in [2.45, 2.75) is 38.8 Å². The summed E-state index contributed by atoms with van der Waals surface area (Å²) in [7, 11) is 0. The molecule has 0 aliphatic carbocycles. The molecule has 98 valence electrons. The molecule has 1 aromatic rings. The van der Waals surface area contributed by atoms with Gasteiger partial charge in [0, 0.05) is 44.0 Å². The molecule has 0 unspecified atom stereocenters. The zero-order valence-electron chi connectivity index (χ0n) is 10.9. The van der Waals surface area contributed by atoms with Gasteiger partial charge >= 0.3 is 0 Å². The number of carbonyl (C=O) groups excluding carboxylic acids is 1. The second-order valence-electron chi connectivity index (χ2n) is 5.33. The van der Waals surface area contributed by atoms with Crippen molar-refractivity contribution in [3.63, 3.8) is 0 Å². The van der Waals surface area contributed by atoms with Crippen LogP contribution < -0.4 is 0 Å². The van der Waals surface area contributed by atoms with Crippen LogP contribution in [0.2, 0.25) is 0 Å². The standard InChI is InChI=1S/C14H20N2OS/c1-11(17)15-6-2-13(3-7-15)16-8-4-14-12(10-16)5-9-18-14/h5,9,13H,2-4,6-8,10H2,1H3. The van der Waals surface area contributed by atoms with E-state index in [4.69, 9.17) is 0 Å². The molecule has 0 spiro atoms. The van der Waals surface area contributed by atoms with E-state index in [0.29, 0.717) is 6.04 Å². The fourth-order valence-corrected chi connectivity index (χ4v) is 4.02. The first kappa shape index (κ1) is 12.2. The van der Waals surface area contributed by atoms with E-state index in [0.717, 1.165) is 32.5 Å². The van der Waals surface area contributed by atoms with Crippen molar-refractivity contribution in [1.29, 1.82) is 0 Å². The van der Waals surface area contributed by atoms with Gasteiger partial charge in [0.2, 0.25) is 5.91 Å². The highest BCUT2D eigenvalue weighted by Gasteiger charge is 2.28. The average Bonchev–Trinajstić information content (AvgIpc) is 2.86. The molecule has 0 bridgehead atoms. The van der Waals surface area contributed by atoms with Gasteiger partial charge in [-0.1, -0.05) is 0 Å². The van der Waals surface area contributed by atoms with Gasteiger partial charge in [0.15, 0.2) is 0 Å².